The molecule has 3 nitrogen and oxygen atoms in total. The molecule has 2 rings (SSSR count). The van der Waals surface area contributed by atoms with Crippen LogP contribution < -0.4 is 0 Å². The Morgan fingerprint density at radius 3 is 2.07 bits per heavy atom. The van der Waals surface area contributed by atoms with Gasteiger partial charge in [0.15, 0.2) is 0 Å². The fourth-order valence-corrected chi connectivity index (χ4v) is 2.23. The van der Waals surface area contributed by atoms with E-state index in [1.165, 1.54) is 19.3 Å². The summed E-state index contributed by atoms with van der Waals surface area (Å²) in [7, 11) is 0. The SMILES string of the molecule is O=C(N1CC[CH]CC1)N1CCCCC1. The molecule has 0 aromatic heterocycles. The highest BCUT2D eigenvalue weighted by Crippen LogP contribution is 2.14. The molecule has 79 valence electrons. The molecule has 0 aromatic carbocycles. The number of carbonyl (C=O) groups is 1. The molecule has 2 amide bonds. The summed E-state index contributed by atoms with van der Waals surface area (Å²) in [5.74, 6) is 0. The number of hydrogen-bond donors (Lipinski definition) is 0. The number of hydrogen-bond acceptors (Lipinski definition) is 1. The van der Waals surface area contributed by atoms with Crippen molar-refractivity contribution in [2.75, 3.05) is 26.2 Å². The first-order valence-corrected chi connectivity index (χ1v) is 5.73. The third-order valence-electron chi connectivity index (χ3n) is 3.10. The zero-order valence-corrected chi connectivity index (χ0v) is 8.74. The number of piperidine rings is 2. The van der Waals surface area contributed by atoms with Crippen LogP contribution in [0.5, 0.6) is 0 Å². The Bertz CT molecular complexity index is 173. The lowest BCUT2D eigenvalue weighted by molar-refractivity contribution is 0.140. The monoisotopic (exact) mass is 195 g/mol. The number of rotatable bonds is 0. The van der Waals surface area contributed by atoms with Crippen molar-refractivity contribution < 1.29 is 4.79 Å². The van der Waals surface area contributed by atoms with Gasteiger partial charge in [-0.15, -0.1) is 0 Å². The minimum Gasteiger partial charge on any atom is -0.325 e. The second-order valence-corrected chi connectivity index (χ2v) is 4.18. The Labute approximate surface area is 86.1 Å². The Morgan fingerprint density at radius 1 is 0.857 bits per heavy atom. The molecule has 0 saturated carbocycles. The van der Waals surface area contributed by atoms with E-state index in [0.29, 0.717) is 0 Å². The summed E-state index contributed by atoms with van der Waals surface area (Å²) < 4.78 is 0. The molecular weight excluding hydrogens is 176 g/mol. The number of amides is 2. The van der Waals surface area contributed by atoms with Crippen molar-refractivity contribution in [3.63, 3.8) is 0 Å². The van der Waals surface area contributed by atoms with E-state index in [0.717, 1.165) is 39.0 Å². The van der Waals surface area contributed by atoms with Gasteiger partial charge in [0, 0.05) is 26.2 Å². The van der Waals surface area contributed by atoms with E-state index in [1.54, 1.807) is 0 Å². The Kier molecular flexibility index (Phi) is 3.27. The predicted octanol–water partition coefficient (Wildman–Crippen LogP) is 1.89. The molecular formula is C11H19N2O. The Balaban J connectivity index is 1.85. The quantitative estimate of drug-likeness (QED) is 0.579. The van der Waals surface area contributed by atoms with Crippen LogP contribution in [0.2, 0.25) is 0 Å². The van der Waals surface area contributed by atoms with Gasteiger partial charge in [0.1, 0.15) is 0 Å². The average Bonchev–Trinajstić information content (AvgIpc) is 2.30. The van der Waals surface area contributed by atoms with Crippen LogP contribution in [0.25, 0.3) is 0 Å². The minimum absolute atomic E-state index is 0.276. The molecule has 2 fully saturated rings. The first kappa shape index (κ1) is 9.81. The van der Waals surface area contributed by atoms with E-state index in [9.17, 15) is 4.79 Å². The van der Waals surface area contributed by atoms with Crippen molar-refractivity contribution >= 4 is 6.03 Å². The topological polar surface area (TPSA) is 23.6 Å². The molecule has 0 aromatic rings. The van der Waals surface area contributed by atoms with E-state index < -0.39 is 0 Å². The van der Waals surface area contributed by atoms with Crippen molar-refractivity contribution in [3.05, 3.63) is 6.42 Å². The summed E-state index contributed by atoms with van der Waals surface area (Å²) in [5, 5.41) is 0. The standard InChI is InChI=1S/C11H19N2O/c14-11(12-7-3-1-4-8-12)13-9-5-2-6-10-13/h1H,2-10H2. The normalized spacial score (nSPS) is 23.7. The summed E-state index contributed by atoms with van der Waals surface area (Å²) in [4.78, 5) is 16.0. The molecule has 0 unspecified atom stereocenters. The number of carbonyl (C=O) groups excluding carboxylic acids is 1. The molecule has 1 radical (unpaired) electrons. The molecule has 14 heavy (non-hydrogen) atoms. The molecule has 2 aliphatic heterocycles. The van der Waals surface area contributed by atoms with Gasteiger partial charge in [-0.25, -0.2) is 4.79 Å². The van der Waals surface area contributed by atoms with E-state index in [1.807, 2.05) is 9.80 Å². The van der Waals surface area contributed by atoms with E-state index in [-0.39, 0.29) is 6.03 Å². The van der Waals surface area contributed by atoms with Crippen LogP contribution in [-0.2, 0) is 0 Å². The molecule has 0 spiro atoms. The highest BCUT2D eigenvalue weighted by molar-refractivity contribution is 5.74. The third kappa shape index (κ3) is 2.20. The molecule has 0 bridgehead atoms. The van der Waals surface area contributed by atoms with Crippen molar-refractivity contribution in [1.29, 1.82) is 0 Å². The average molecular weight is 195 g/mol. The Hall–Kier alpha value is -0.730. The van der Waals surface area contributed by atoms with Crippen LogP contribution in [0.4, 0.5) is 4.79 Å². The minimum atomic E-state index is 0.276. The summed E-state index contributed by atoms with van der Waals surface area (Å²) in [6, 6.07) is 0.276. The van der Waals surface area contributed by atoms with Crippen molar-refractivity contribution in [2.24, 2.45) is 0 Å². The third-order valence-corrected chi connectivity index (χ3v) is 3.10. The van der Waals surface area contributed by atoms with Crippen LogP contribution in [0.1, 0.15) is 32.1 Å². The highest BCUT2D eigenvalue weighted by atomic mass is 16.2. The smallest absolute Gasteiger partial charge is 0.319 e. The Morgan fingerprint density at radius 2 is 1.43 bits per heavy atom. The predicted molar refractivity (Wildman–Crippen MR) is 55.9 cm³/mol. The lowest BCUT2D eigenvalue weighted by atomic mass is 10.1. The molecule has 2 heterocycles. The van der Waals surface area contributed by atoms with Gasteiger partial charge in [-0.2, -0.15) is 0 Å². The zero-order valence-electron chi connectivity index (χ0n) is 8.74. The van der Waals surface area contributed by atoms with Crippen molar-refractivity contribution in [2.45, 2.75) is 32.1 Å². The molecule has 3 heteroatoms. The maximum absolute atomic E-state index is 12.0. The second-order valence-electron chi connectivity index (χ2n) is 4.18. The van der Waals surface area contributed by atoms with Gasteiger partial charge in [0.2, 0.25) is 0 Å². The summed E-state index contributed by atoms with van der Waals surface area (Å²) in [5.41, 5.74) is 0. The van der Waals surface area contributed by atoms with Gasteiger partial charge >= 0.3 is 6.03 Å². The number of nitrogens with zero attached hydrogens (tertiary/aromatic N) is 2. The van der Waals surface area contributed by atoms with Gasteiger partial charge in [-0.05, 0) is 38.5 Å². The molecule has 2 aliphatic rings. The van der Waals surface area contributed by atoms with Gasteiger partial charge < -0.3 is 9.80 Å². The number of urea groups is 1. The summed E-state index contributed by atoms with van der Waals surface area (Å²) in [6.45, 7) is 3.79. The second kappa shape index (κ2) is 4.67. The highest BCUT2D eigenvalue weighted by Gasteiger charge is 2.23. The zero-order chi connectivity index (χ0) is 9.80. The summed E-state index contributed by atoms with van der Waals surface area (Å²) in [6.07, 6.45) is 8.08. The van der Waals surface area contributed by atoms with Crippen LogP contribution in [-0.4, -0.2) is 42.0 Å². The lowest BCUT2D eigenvalue weighted by Crippen LogP contribution is -2.47. The van der Waals surface area contributed by atoms with Gasteiger partial charge in [-0.1, -0.05) is 0 Å². The van der Waals surface area contributed by atoms with E-state index >= 15 is 0 Å². The lowest BCUT2D eigenvalue weighted by Gasteiger charge is -2.34. The van der Waals surface area contributed by atoms with E-state index in [4.69, 9.17) is 0 Å². The van der Waals surface area contributed by atoms with Gasteiger partial charge in [0.25, 0.3) is 0 Å². The maximum atomic E-state index is 12.0. The van der Waals surface area contributed by atoms with Crippen molar-refractivity contribution in [3.8, 4) is 0 Å². The van der Waals surface area contributed by atoms with Gasteiger partial charge in [0.05, 0.1) is 0 Å². The van der Waals surface area contributed by atoms with Crippen LogP contribution >= 0.6 is 0 Å². The molecule has 0 atom stereocenters. The van der Waals surface area contributed by atoms with Crippen molar-refractivity contribution in [1.82, 2.24) is 9.80 Å². The van der Waals surface area contributed by atoms with E-state index in [2.05, 4.69) is 6.42 Å². The van der Waals surface area contributed by atoms with Crippen LogP contribution in [0.3, 0.4) is 0 Å². The number of likely N-dealkylation sites (tertiary alicyclic amines) is 2. The van der Waals surface area contributed by atoms with Gasteiger partial charge in [-0.3, -0.25) is 0 Å². The first-order valence-electron chi connectivity index (χ1n) is 5.73. The maximum Gasteiger partial charge on any atom is 0.319 e. The van der Waals surface area contributed by atoms with Crippen LogP contribution in [0, 0.1) is 6.42 Å². The molecule has 0 N–H and O–H groups in total. The molecule has 0 aliphatic carbocycles. The molecule has 2 saturated heterocycles. The summed E-state index contributed by atoms with van der Waals surface area (Å²) >= 11 is 0. The fourth-order valence-electron chi connectivity index (χ4n) is 2.23. The first-order chi connectivity index (χ1) is 6.88. The fraction of sp³-hybridized carbons (Fsp3) is 0.818. The largest absolute Gasteiger partial charge is 0.325 e. The van der Waals surface area contributed by atoms with Crippen LogP contribution in [0.15, 0.2) is 0 Å².